The molecule has 4 rings (SSSR count). The van der Waals surface area contributed by atoms with Crippen LogP contribution in [0.5, 0.6) is 0 Å². The summed E-state index contributed by atoms with van der Waals surface area (Å²) < 4.78 is 1.38. The minimum Gasteiger partial charge on any atom is -0.311 e. The van der Waals surface area contributed by atoms with E-state index in [1.54, 1.807) is 12.1 Å². The molecule has 0 fully saturated rings. The van der Waals surface area contributed by atoms with Crippen LogP contribution in [0.2, 0.25) is 0 Å². The van der Waals surface area contributed by atoms with Gasteiger partial charge in [-0.1, -0.05) is 18.2 Å². The molecule has 0 atom stereocenters. The number of amides is 1. The van der Waals surface area contributed by atoms with E-state index in [-0.39, 0.29) is 17.9 Å². The lowest BCUT2D eigenvalue weighted by Gasteiger charge is -2.16. The molecule has 1 amide bonds. The molecule has 0 saturated heterocycles. The first-order chi connectivity index (χ1) is 14.6. The lowest BCUT2D eigenvalue weighted by Crippen LogP contribution is -2.14. The summed E-state index contributed by atoms with van der Waals surface area (Å²) in [6.45, 7) is 0. The van der Waals surface area contributed by atoms with E-state index in [9.17, 15) is 14.9 Å². The number of aromatic amines is 1. The molecule has 0 saturated carbocycles. The number of thioether (sulfide) groups is 1. The van der Waals surface area contributed by atoms with Crippen molar-refractivity contribution in [2.24, 2.45) is 0 Å². The van der Waals surface area contributed by atoms with E-state index in [0.29, 0.717) is 27.8 Å². The number of para-hydroxylation sites is 1. The van der Waals surface area contributed by atoms with Gasteiger partial charge >= 0.3 is 0 Å². The van der Waals surface area contributed by atoms with Gasteiger partial charge in [0, 0.05) is 23.9 Å². The van der Waals surface area contributed by atoms with Crippen LogP contribution < -0.4 is 10.9 Å². The number of H-pyrrole nitrogens is 1. The number of rotatable bonds is 6. The number of carbonyl (C=O) groups excluding carboxylic acids is 1. The number of hydrogen-bond donors (Lipinski definition) is 2. The Balaban J connectivity index is 1.36. The topological polar surface area (TPSA) is 104 Å². The number of fused-ring (bicyclic) bond motifs is 1. The average Bonchev–Trinajstić information content (AvgIpc) is 3.13. The number of carbonyl (C=O) groups is 1. The standard InChI is InChI=1S/C22H21N5O2S/c23-14-16-12-15-6-4-5-9-18(15)24-22(16)30-11-10-20(28)25-19-13-21(29)27(26-19)17-7-2-1-3-8-17/h1-3,7-8,12-13,26H,4-6,9-11H2,(H,25,28). The third-order valence-corrected chi connectivity index (χ3v) is 5.96. The second-order valence-electron chi connectivity index (χ2n) is 7.09. The summed E-state index contributed by atoms with van der Waals surface area (Å²) in [5, 5.41) is 15.7. The van der Waals surface area contributed by atoms with E-state index < -0.39 is 0 Å². The second kappa shape index (κ2) is 9.01. The van der Waals surface area contributed by atoms with Crippen LogP contribution in [0.25, 0.3) is 5.69 Å². The van der Waals surface area contributed by atoms with Crippen LogP contribution in [0.4, 0.5) is 5.82 Å². The molecule has 1 aliphatic rings. The predicted octanol–water partition coefficient (Wildman–Crippen LogP) is 3.43. The van der Waals surface area contributed by atoms with Gasteiger partial charge < -0.3 is 5.32 Å². The Hall–Kier alpha value is -3.31. The summed E-state index contributed by atoms with van der Waals surface area (Å²) in [7, 11) is 0. The molecule has 7 nitrogen and oxygen atoms in total. The normalized spacial score (nSPS) is 12.8. The van der Waals surface area contributed by atoms with E-state index >= 15 is 0 Å². The first-order valence-electron chi connectivity index (χ1n) is 9.87. The molecule has 0 aliphatic heterocycles. The van der Waals surface area contributed by atoms with Crippen molar-refractivity contribution in [3.05, 3.63) is 69.6 Å². The third-order valence-electron chi connectivity index (χ3n) is 4.96. The van der Waals surface area contributed by atoms with Gasteiger partial charge in [0.1, 0.15) is 16.9 Å². The number of pyridine rings is 1. The third kappa shape index (κ3) is 4.47. The van der Waals surface area contributed by atoms with Crippen LogP contribution in [0.15, 0.2) is 52.3 Å². The van der Waals surface area contributed by atoms with Crippen molar-refractivity contribution >= 4 is 23.5 Å². The quantitative estimate of drug-likeness (QED) is 0.596. The highest BCUT2D eigenvalue weighted by molar-refractivity contribution is 7.99. The van der Waals surface area contributed by atoms with Crippen molar-refractivity contribution in [1.29, 1.82) is 5.26 Å². The molecule has 0 bridgehead atoms. The lowest BCUT2D eigenvalue weighted by atomic mass is 9.95. The van der Waals surface area contributed by atoms with Crippen molar-refractivity contribution in [2.75, 3.05) is 11.1 Å². The van der Waals surface area contributed by atoms with E-state index in [1.165, 1.54) is 28.1 Å². The molecular weight excluding hydrogens is 398 g/mol. The summed E-state index contributed by atoms with van der Waals surface area (Å²) >= 11 is 1.42. The van der Waals surface area contributed by atoms with E-state index in [1.807, 2.05) is 24.3 Å². The number of aromatic nitrogens is 3. The van der Waals surface area contributed by atoms with Gasteiger partial charge in [-0.05, 0) is 49.4 Å². The summed E-state index contributed by atoms with van der Waals surface area (Å²) in [6, 6.07) is 14.7. The Labute approximate surface area is 178 Å². The minimum atomic E-state index is -0.247. The minimum absolute atomic E-state index is 0.208. The SMILES string of the molecule is N#Cc1cc2c(nc1SCCC(=O)Nc1cc(=O)n(-c3ccccc3)[nH]1)CCCC2. The van der Waals surface area contributed by atoms with Gasteiger partial charge in [0.15, 0.2) is 0 Å². The monoisotopic (exact) mass is 419 g/mol. The zero-order chi connectivity index (χ0) is 20.9. The maximum atomic E-state index is 12.3. The predicted molar refractivity (Wildman–Crippen MR) is 116 cm³/mol. The second-order valence-corrected chi connectivity index (χ2v) is 8.18. The van der Waals surface area contributed by atoms with Gasteiger partial charge in [-0.25, -0.2) is 9.67 Å². The first-order valence-corrected chi connectivity index (χ1v) is 10.9. The maximum Gasteiger partial charge on any atom is 0.273 e. The average molecular weight is 420 g/mol. The van der Waals surface area contributed by atoms with Crippen LogP contribution >= 0.6 is 11.8 Å². The number of nitriles is 1. The Morgan fingerprint density at radius 3 is 2.83 bits per heavy atom. The molecule has 0 radical (unpaired) electrons. The van der Waals surface area contributed by atoms with Gasteiger partial charge in [0.25, 0.3) is 5.56 Å². The summed E-state index contributed by atoms with van der Waals surface area (Å²) in [6.07, 6.45) is 4.43. The molecular formula is C22H21N5O2S. The number of aryl methyl sites for hydroxylation is 2. The molecule has 1 aliphatic carbocycles. The fourth-order valence-corrected chi connectivity index (χ4v) is 4.40. The van der Waals surface area contributed by atoms with E-state index in [2.05, 4.69) is 21.5 Å². The molecule has 2 N–H and O–H groups in total. The highest BCUT2D eigenvalue weighted by atomic mass is 32.2. The van der Waals surface area contributed by atoms with E-state index in [4.69, 9.17) is 0 Å². The van der Waals surface area contributed by atoms with Gasteiger partial charge in [0.2, 0.25) is 5.91 Å². The van der Waals surface area contributed by atoms with Crippen molar-refractivity contribution in [3.8, 4) is 11.8 Å². The Bertz CT molecular complexity index is 1160. The lowest BCUT2D eigenvalue weighted by molar-refractivity contribution is -0.115. The van der Waals surface area contributed by atoms with Crippen LogP contribution in [-0.2, 0) is 17.6 Å². The molecule has 1 aromatic carbocycles. The number of hydrogen-bond acceptors (Lipinski definition) is 5. The van der Waals surface area contributed by atoms with Crippen molar-refractivity contribution in [1.82, 2.24) is 14.8 Å². The van der Waals surface area contributed by atoms with Gasteiger partial charge in [0.05, 0.1) is 11.3 Å². The molecule has 0 unspecified atom stereocenters. The van der Waals surface area contributed by atoms with Crippen LogP contribution in [-0.4, -0.2) is 26.4 Å². The molecule has 8 heteroatoms. The Morgan fingerprint density at radius 1 is 1.23 bits per heavy atom. The zero-order valence-corrected chi connectivity index (χ0v) is 17.2. The largest absolute Gasteiger partial charge is 0.311 e. The smallest absolute Gasteiger partial charge is 0.273 e. The number of benzene rings is 1. The van der Waals surface area contributed by atoms with E-state index in [0.717, 1.165) is 31.4 Å². The summed E-state index contributed by atoms with van der Waals surface area (Å²) in [5.41, 5.74) is 3.27. The molecule has 3 aromatic rings. The fourth-order valence-electron chi connectivity index (χ4n) is 3.49. The summed E-state index contributed by atoms with van der Waals surface area (Å²) in [5.74, 6) is 0.638. The highest BCUT2D eigenvalue weighted by Gasteiger charge is 2.16. The van der Waals surface area contributed by atoms with Crippen LogP contribution in [0, 0.1) is 11.3 Å². The number of nitrogens with one attached hydrogen (secondary N) is 2. The highest BCUT2D eigenvalue weighted by Crippen LogP contribution is 2.27. The molecule has 2 aromatic heterocycles. The first kappa shape index (κ1) is 20.0. The van der Waals surface area contributed by atoms with Crippen molar-refractivity contribution < 1.29 is 4.79 Å². The van der Waals surface area contributed by atoms with Gasteiger partial charge in [-0.15, -0.1) is 11.8 Å². The summed E-state index contributed by atoms with van der Waals surface area (Å²) in [4.78, 5) is 29.1. The fraction of sp³-hybridized carbons (Fsp3) is 0.273. The molecule has 30 heavy (non-hydrogen) atoms. The van der Waals surface area contributed by atoms with Gasteiger partial charge in [-0.2, -0.15) is 5.26 Å². The molecule has 0 spiro atoms. The van der Waals surface area contributed by atoms with Crippen molar-refractivity contribution in [3.63, 3.8) is 0 Å². The zero-order valence-electron chi connectivity index (χ0n) is 16.4. The molecule has 2 heterocycles. The Morgan fingerprint density at radius 2 is 2.03 bits per heavy atom. The van der Waals surface area contributed by atoms with Crippen LogP contribution in [0.3, 0.4) is 0 Å². The van der Waals surface area contributed by atoms with Crippen molar-refractivity contribution in [2.45, 2.75) is 37.1 Å². The number of nitrogens with zero attached hydrogens (tertiary/aromatic N) is 3. The molecule has 152 valence electrons. The Kier molecular flexibility index (Phi) is 6.00. The van der Waals surface area contributed by atoms with Gasteiger partial charge in [-0.3, -0.25) is 14.7 Å². The maximum absolute atomic E-state index is 12.3. The van der Waals surface area contributed by atoms with Crippen LogP contribution in [0.1, 0.15) is 36.1 Å². The number of anilines is 1.